The molecule has 1 N–H and O–H groups in total. The first kappa shape index (κ1) is 20.2. The number of carbonyl (C=O) groups excluding carboxylic acids is 1. The molecule has 28 heavy (non-hydrogen) atoms. The zero-order chi connectivity index (χ0) is 20.3. The van der Waals surface area contributed by atoms with Crippen LogP contribution in [-0.4, -0.2) is 32.3 Å². The highest BCUT2D eigenvalue weighted by Crippen LogP contribution is 2.29. The molecule has 0 aliphatic heterocycles. The van der Waals surface area contributed by atoms with Crippen LogP contribution in [0, 0.1) is 11.6 Å². The molecule has 1 atom stereocenters. The number of rotatable bonds is 6. The van der Waals surface area contributed by atoms with E-state index in [0.29, 0.717) is 16.7 Å². The predicted molar refractivity (Wildman–Crippen MR) is 100 cm³/mol. The summed E-state index contributed by atoms with van der Waals surface area (Å²) in [5.74, 6) is -2.31. The lowest BCUT2D eigenvalue weighted by atomic mass is 10.1. The second-order valence-electron chi connectivity index (χ2n) is 5.87. The number of halogens is 4. The maximum Gasteiger partial charge on any atom is 0.248 e. The fraction of sp³-hybridized carbons (Fsp3) is 0.167. The normalized spacial score (nSPS) is 12.0. The van der Waals surface area contributed by atoms with Crippen LogP contribution in [0.5, 0.6) is 0 Å². The van der Waals surface area contributed by atoms with Gasteiger partial charge in [-0.15, -0.1) is 0 Å². The van der Waals surface area contributed by atoms with Gasteiger partial charge >= 0.3 is 0 Å². The molecule has 0 aliphatic rings. The molecule has 0 spiro atoms. The number of carbonyl (C=O) groups is 1. The van der Waals surface area contributed by atoms with Crippen molar-refractivity contribution in [2.75, 3.05) is 11.4 Å². The van der Waals surface area contributed by atoms with Crippen molar-refractivity contribution in [2.24, 2.45) is 0 Å². The maximum atomic E-state index is 14.3. The molecule has 0 saturated carbocycles. The largest absolute Gasteiger partial charge is 0.386 e. The van der Waals surface area contributed by atoms with Crippen LogP contribution in [0.25, 0.3) is 0 Å². The van der Waals surface area contributed by atoms with Gasteiger partial charge in [0.05, 0.1) is 18.3 Å². The van der Waals surface area contributed by atoms with E-state index >= 15 is 0 Å². The third-order valence-electron chi connectivity index (χ3n) is 3.94. The Hall–Kier alpha value is -2.55. The first-order chi connectivity index (χ1) is 13.3. The Kier molecular flexibility index (Phi) is 6.23. The third kappa shape index (κ3) is 4.64. The number of anilines is 1. The molecule has 146 valence electrons. The van der Waals surface area contributed by atoms with E-state index in [9.17, 15) is 18.7 Å². The molecule has 0 fully saturated rings. The topological polar surface area (TPSA) is 71.2 Å². The van der Waals surface area contributed by atoms with Crippen molar-refractivity contribution in [3.05, 3.63) is 76.3 Å². The van der Waals surface area contributed by atoms with Gasteiger partial charge < -0.3 is 10.0 Å². The Morgan fingerprint density at radius 3 is 2.64 bits per heavy atom. The molecule has 1 unspecified atom stereocenters. The highest BCUT2D eigenvalue weighted by atomic mass is 35.5. The molecular weight excluding hydrogens is 413 g/mol. The molecule has 0 saturated heterocycles. The van der Waals surface area contributed by atoms with E-state index in [1.165, 1.54) is 35.5 Å². The summed E-state index contributed by atoms with van der Waals surface area (Å²) in [6.45, 7) is -0.574. The van der Waals surface area contributed by atoms with Gasteiger partial charge in [-0.05, 0) is 24.3 Å². The van der Waals surface area contributed by atoms with E-state index in [4.69, 9.17) is 23.2 Å². The van der Waals surface area contributed by atoms with E-state index in [-0.39, 0.29) is 23.8 Å². The second kappa shape index (κ2) is 8.64. The van der Waals surface area contributed by atoms with Crippen molar-refractivity contribution in [2.45, 2.75) is 12.6 Å². The number of aromatic nitrogens is 3. The average Bonchev–Trinajstić information content (AvgIpc) is 3.13. The summed E-state index contributed by atoms with van der Waals surface area (Å²) in [5, 5.41) is 15.0. The molecule has 0 bridgehead atoms. The highest BCUT2D eigenvalue weighted by molar-refractivity contribution is 6.35. The molecule has 10 heteroatoms. The molecule has 1 aromatic heterocycles. The Balaban J connectivity index is 1.92. The van der Waals surface area contributed by atoms with Crippen molar-refractivity contribution in [3.8, 4) is 0 Å². The van der Waals surface area contributed by atoms with Gasteiger partial charge in [-0.2, -0.15) is 5.10 Å². The predicted octanol–water partition coefficient (Wildman–Crippen LogP) is 3.63. The van der Waals surface area contributed by atoms with Crippen LogP contribution in [0.3, 0.4) is 0 Å². The zero-order valence-electron chi connectivity index (χ0n) is 14.3. The minimum atomic E-state index is -1.24. The molecule has 2 aromatic carbocycles. The van der Waals surface area contributed by atoms with Gasteiger partial charge in [0.1, 0.15) is 30.8 Å². The van der Waals surface area contributed by atoms with E-state index in [1.54, 1.807) is 0 Å². The van der Waals surface area contributed by atoms with Gasteiger partial charge in [0.25, 0.3) is 0 Å². The summed E-state index contributed by atoms with van der Waals surface area (Å²) in [6.07, 6.45) is 1.33. The smallest absolute Gasteiger partial charge is 0.248 e. The fourth-order valence-electron chi connectivity index (χ4n) is 2.62. The average molecular weight is 427 g/mol. The SMILES string of the molecule is O=C(Cn1cncn1)N(CC(O)c1ccc(Cl)cc1Cl)c1ccc(F)cc1F. The van der Waals surface area contributed by atoms with Gasteiger partial charge in [0, 0.05) is 21.7 Å². The first-order valence-corrected chi connectivity index (χ1v) is 8.81. The summed E-state index contributed by atoms with van der Waals surface area (Å²) < 4.78 is 28.9. The Morgan fingerprint density at radius 2 is 2.00 bits per heavy atom. The van der Waals surface area contributed by atoms with Crippen molar-refractivity contribution in [3.63, 3.8) is 0 Å². The van der Waals surface area contributed by atoms with Crippen LogP contribution >= 0.6 is 23.2 Å². The number of benzene rings is 2. The van der Waals surface area contributed by atoms with Crippen molar-refractivity contribution < 1.29 is 18.7 Å². The van der Waals surface area contributed by atoms with Gasteiger partial charge in [-0.25, -0.2) is 18.4 Å². The molecule has 1 heterocycles. The lowest BCUT2D eigenvalue weighted by molar-refractivity contribution is -0.119. The quantitative estimate of drug-likeness (QED) is 0.653. The number of hydrogen-bond donors (Lipinski definition) is 1. The summed E-state index contributed by atoms with van der Waals surface area (Å²) >= 11 is 12.0. The van der Waals surface area contributed by atoms with Crippen LogP contribution in [0.4, 0.5) is 14.5 Å². The van der Waals surface area contributed by atoms with E-state index in [1.807, 2.05) is 0 Å². The first-order valence-electron chi connectivity index (χ1n) is 8.06. The molecule has 6 nitrogen and oxygen atoms in total. The number of aliphatic hydroxyl groups is 1. The van der Waals surface area contributed by atoms with Crippen molar-refractivity contribution in [1.29, 1.82) is 0 Å². The number of hydrogen-bond acceptors (Lipinski definition) is 4. The van der Waals surface area contributed by atoms with E-state index in [2.05, 4.69) is 10.1 Å². The minimum Gasteiger partial charge on any atom is -0.386 e. The maximum absolute atomic E-state index is 14.3. The fourth-order valence-corrected chi connectivity index (χ4v) is 3.15. The molecule has 0 aliphatic carbocycles. The van der Waals surface area contributed by atoms with E-state index in [0.717, 1.165) is 17.0 Å². The van der Waals surface area contributed by atoms with E-state index < -0.39 is 23.6 Å². The van der Waals surface area contributed by atoms with Crippen molar-refractivity contribution in [1.82, 2.24) is 14.8 Å². The molecule has 0 radical (unpaired) electrons. The number of aliphatic hydroxyl groups excluding tert-OH is 1. The standard InChI is InChI=1S/C18H14Cl2F2N4O2/c19-11-1-3-13(14(20)5-11)17(27)7-26(16-4-2-12(21)6-15(16)22)18(28)8-25-10-23-9-24-25/h1-6,9-10,17,27H,7-8H2. The molecule has 3 aromatic rings. The van der Waals surface area contributed by atoms with Crippen LogP contribution in [-0.2, 0) is 11.3 Å². The lowest BCUT2D eigenvalue weighted by Gasteiger charge is -2.26. The Bertz CT molecular complexity index is 986. The highest BCUT2D eigenvalue weighted by Gasteiger charge is 2.25. The Morgan fingerprint density at radius 1 is 1.21 bits per heavy atom. The van der Waals surface area contributed by atoms with Gasteiger partial charge in [-0.3, -0.25) is 4.79 Å². The lowest BCUT2D eigenvalue weighted by Crippen LogP contribution is -2.38. The molecule has 3 rings (SSSR count). The minimum absolute atomic E-state index is 0.185. The van der Waals surface area contributed by atoms with Crippen LogP contribution in [0.1, 0.15) is 11.7 Å². The molecule has 1 amide bonds. The van der Waals surface area contributed by atoms with Crippen LogP contribution in [0.15, 0.2) is 49.1 Å². The van der Waals surface area contributed by atoms with Crippen LogP contribution in [0.2, 0.25) is 10.0 Å². The van der Waals surface area contributed by atoms with Gasteiger partial charge in [-0.1, -0.05) is 29.3 Å². The summed E-state index contributed by atoms with van der Waals surface area (Å²) in [7, 11) is 0. The second-order valence-corrected chi connectivity index (χ2v) is 6.72. The summed E-state index contributed by atoms with van der Waals surface area (Å²) in [5.41, 5.74) is 0.128. The summed E-state index contributed by atoms with van der Waals surface area (Å²) in [6, 6.07) is 7.30. The number of amides is 1. The van der Waals surface area contributed by atoms with Gasteiger partial charge in [0.2, 0.25) is 5.91 Å². The number of nitrogens with zero attached hydrogens (tertiary/aromatic N) is 4. The van der Waals surface area contributed by atoms with Crippen LogP contribution < -0.4 is 4.90 Å². The summed E-state index contributed by atoms with van der Waals surface area (Å²) in [4.78, 5) is 17.5. The molecular formula is C18H14Cl2F2N4O2. The van der Waals surface area contributed by atoms with Gasteiger partial charge in [0.15, 0.2) is 0 Å². The zero-order valence-corrected chi connectivity index (χ0v) is 15.8. The monoisotopic (exact) mass is 426 g/mol. The third-order valence-corrected chi connectivity index (χ3v) is 4.50. The Labute approximate surface area is 168 Å². The van der Waals surface area contributed by atoms with Crippen molar-refractivity contribution >= 4 is 34.8 Å².